The van der Waals surface area contributed by atoms with Crippen LogP contribution in [0.4, 0.5) is 0 Å². The Labute approximate surface area is 156 Å². The molecule has 0 heterocycles. The molecule has 0 saturated carbocycles. The molecule has 2 N–H and O–H groups in total. The summed E-state index contributed by atoms with van der Waals surface area (Å²) in [7, 11) is 0. The van der Waals surface area contributed by atoms with Gasteiger partial charge >= 0.3 is 5.97 Å². The van der Waals surface area contributed by atoms with E-state index >= 15 is 0 Å². The van der Waals surface area contributed by atoms with Crippen molar-refractivity contribution in [2.24, 2.45) is 0 Å². The molecular weight excluding hydrogens is 350 g/mol. The Morgan fingerprint density at radius 1 is 0.963 bits per heavy atom. The summed E-state index contributed by atoms with van der Waals surface area (Å²) < 4.78 is 10.4. The lowest BCUT2D eigenvalue weighted by atomic mass is 10.1. The molecule has 0 spiro atoms. The maximum Gasteiger partial charge on any atom is 0.341 e. The number of aliphatic carboxylic acids is 1. The number of hydrogen-bond donors (Lipinski definition) is 2. The summed E-state index contributed by atoms with van der Waals surface area (Å²) in [6.07, 6.45) is 0.616. The summed E-state index contributed by atoms with van der Waals surface area (Å²) in [5.74, 6) is -0.410. The Bertz CT molecular complexity index is 800. The average Bonchev–Trinajstić information content (AvgIpc) is 2.66. The molecule has 0 atom stereocenters. The lowest BCUT2D eigenvalue weighted by molar-refractivity contribution is -0.139. The summed E-state index contributed by atoms with van der Waals surface area (Å²) in [6, 6.07) is 13.7. The molecular formula is C20H21NO6. The van der Waals surface area contributed by atoms with Gasteiger partial charge in [-0.05, 0) is 43.2 Å². The van der Waals surface area contributed by atoms with E-state index < -0.39 is 5.97 Å². The first-order chi connectivity index (χ1) is 12.9. The van der Waals surface area contributed by atoms with Crippen LogP contribution in [0.3, 0.4) is 0 Å². The van der Waals surface area contributed by atoms with E-state index in [4.69, 9.17) is 14.6 Å². The van der Waals surface area contributed by atoms with Crippen LogP contribution in [-0.4, -0.2) is 42.5 Å². The lowest BCUT2D eigenvalue weighted by Crippen LogP contribution is -2.30. The zero-order valence-electron chi connectivity index (χ0n) is 14.9. The second-order valence-electron chi connectivity index (χ2n) is 5.80. The van der Waals surface area contributed by atoms with E-state index in [-0.39, 0.29) is 24.9 Å². The highest BCUT2D eigenvalue weighted by Crippen LogP contribution is 2.14. The third kappa shape index (κ3) is 7.19. The summed E-state index contributed by atoms with van der Waals surface area (Å²) in [5.41, 5.74) is 1.51. The van der Waals surface area contributed by atoms with Crippen LogP contribution in [-0.2, 0) is 16.0 Å². The number of carbonyl (C=O) groups is 3. The molecule has 7 heteroatoms. The molecule has 0 fully saturated rings. The molecule has 0 aromatic heterocycles. The van der Waals surface area contributed by atoms with Gasteiger partial charge in [-0.15, -0.1) is 0 Å². The fraction of sp³-hybridized carbons (Fsp3) is 0.250. The van der Waals surface area contributed by atoms with Gasteiger partial charge in [-0.2, -0.15) is 0 Å². The van der Waals surface area contributed by atoms with Gasteiger partial charge in [-0.25, -0.2) is 4.79 Å². The van der Waals surface area contributed by atoms with Crippen molar-refractivity contribution >= 4 is 17.7 Å². The molecule has 2 rings (SSSR count). The van der Waals surface area contributed by atoms with Crippen molar-refractivity contribution in [2.75, 3.05) is 19.8 Å². The SMILES string of the molecule is CC(=O)c1cccc(OCC(=O)NCCc2ccc(OCC(=O)O)cc2)c1. The van der Waals surface area contributed by atoms with Gasteiger partial charge in [0.05, 0.1) is 0 Å². The van der Waals surface area contributed by atoms with E-state index in [1.54, 1.807) is 36.4 Å². The van der Waals surface area contributed by atoms with Crippen LogP contribution < -0.4 is 14.8 Å². The molecule has 0 aliphatic heterocycles. The number of carbonyl (C=O) groups excluding carboxylic acids is 2. The van der Waals surface area contributed by atoms with Crippen LogP contribution in [0.2, 0.25) is 0 Å². The van der Waals surface area contributed by atoms with Gasteiger partial charge in [0.2, 0.25) is 0 Å². The molecule has 2 aromatic carbocycles. The second kappa shape index (κ2) is 9.96. The number of amides is 1. The maximum atomic E-state index is 11.8. The third-order valence-electron chi connectivity index (χ3n) is 3.63. The van der Waals surface area contributed by atoms with E-state index in [2.05, 4.69) is 5.32 Å². The maximum absolute atomic E-state index is 11.8. The minimum Gasteiger partial charge on any atom is -0.484 e. The van der Waals surface area contributed by atoms with Gasteiger partial charge in [0, 0.05) is 12.1 Å². The molecule has 0 bridgehead atoms. The molecule has 0 radical (unpaired) electrons. The van der Waals surface area contributed by atoms with Crippen LogP contribution in [0.5, 0.6) is 11.5 Å². The molecule has 0 unspecified atom stereocenters. The van der Waals surface area contributed by atoms with Gasteiger partial charge in [0.1, 0.15) is 11.5 Å². The zero-order valence-corrected chi connectivity index (χ0v) is 14.9. The van der Waals surface area contributed by atoms with E-state index in [1.165, 1.54) is 6.92 Å². The monoisotopic (exact) mass is 371 g/mol. The smallest absolute Gasteiger partial charge is 0.341 e. The summed E-state index contributed by atoms with van der Waals surface area (Å²) in [4.78, 5) is 33.6. The number of rotatable bonds is 10. The Morgan fingerprint density at radius 2 is 1.67 bits per heavy atom. The third-order valence-corrected chi connectivity index (χ3v) is 3.63. The Balaban J connectivity index is 1.70. The van der Waals surface area contributed by atoms with Crippen molar-refractivity contribution in [3.05, 3.63) is 59.7 Å². The van der Waals surface area contributed by atoms with Crippen molar-refractivity contribution < 1.29 is 29.0 Å². The number of Topliss-reactive ketones (excluding diaryl/α,β-unsaturated/α-hetero) is 1. The van der Waals surface area contributed by atoms with Crippen LogP contribution in [0, 0.1) is 0 Å². The number of carboxylic acids is 1. The second-order valence-corrected chi connectivity index (χ2v) is 5.80. The first-order valence-electron chi connectivity index (χ1n) is 8.38. The largest absolute Gasteiger partial charge is 0.484 e. The topological polar surface area (TPSA) is 102 Å². The fourth-order valence-corrected chi connectivity index (χ4v) is 2.25. The van der Waals surface area contributed by atoms with E-state index in [1.807, 2.05) is 12.1 Å². The van der Waals surface area contributed by atoms with Crippen LogP contribution >= 0.6 is 0 Å². The highest BCUT2D eigenvalue weighted by atomic mass is 16.5. The average molecular weight is 371 g/mol. The summed E-state index contributed by atoms with van der Waals surface area (Å²) >= 11 is 0. The van der Waals surface area contributed by atoms with Crippen LogP contribution in [0.15, 0.2) is 48.5 Å². The number of benzene rings is 2. The molecule has 0 saturated heterocycles. The highest BCUT2D eigenvalue weighted by Gasteiger charge is 2.05. The van der Waals surface area contributed by atoms with E-state index in [0.717, 1.165) is 5.56 Å². The molecule has 2 aromatic rings. The minimum atomic E-state index is -1.03. The van der Waals surface area contributed by atoms with Crippen molar-refractivity contribution in [3.8, 4) is 11.5 Å². The molecule has 1 amide bonds. The first kappa shape index (κ1) is 20.0. The normalized spacial score (nSPS) is 10.1. The fourth-order valence-electron chi connectivity index (χ4n) is 2.25. The van der Waals surface area contributed by atoms with Gasteiger partial charge in [-0.1, -0.05) is 24.3 Å². The van der Waals surface area contributed by atoms with Gasteiger partial charge in [0.15, 0.2) is 19.0 Å². The Morgan fingerprint density at radius 3 is 2.33 bits per heavy atom. The number of ether oxygens (including phenoxy) is 2. The minimum absolute atomic E-state index is 0.0655. The number of hydrogen-bond acceptors (Lipinski definition) is 5. The van der Waals surface area contributed by atoms with Crippen LogP contribution in [0.25, 0.3) is 0 Å². The van der Waals surface area contributed by atoms with Crippen molar-refractivity contribution in [2.45, 2.75) is 13.3 Å². The van der Waals surface area contributed by atoms with E-state index in [9.17, 15) is 14.4 Å². The van der Waals surface area contributed by atoms with Crippen molar-refractivity contribution in [1.82, 2.24) is 5.32 Å². The molecule has 142 valence electrons. The molecule has 27 heavy (non-hydrogen) atoms. The number of ketones is 1. The Hall–Kier alpha value is -3.35. The van der Waals surface area contributed by atoms with Crippen LogP contribution in [0.1, 0.15) is 22.8 Å². The van der Waals surface area contributed by atoms with Gasteiger partial charge in [0.25, 0.3) is 5.91 Å². The molecule has 0 aliphatic carbocycles. The Kier molecular flexibility index (Phi) is 7.37. The standard InChI is InChI=1S/C20H21NO6/c1-14(22)16-3-2-4-18(11-16)26-12-19(23)21-10-9-15-5-7-17(8-6-15)27-13-20(24)25/h2-8,11H,9-10,12-13H2,1H3,(H,21,23)(H,24,25). The molecule has 0 aliphatic rings. The zero-order chi connectivity index (χ0) is 19.6. The van der Waals surface area contributed by atoms with Crippen molar-refractivity contribution in [3.63, 3.8) is 0 Å². The predicted octanol–water partition coefficient (Wildman–Crippen LogP) is 2.09. The van der Waals surface area contributed by atoms with Gasteiger partial charge < -0.3 is 19.9 Å². The quantitative estimate of drug-likeness (QED) is 0.620. The molecule has 7 nitrogen and oxygen atoms in total. The number of carboxylic acid groups (broad SMARTS) is 1. The van der Waals surface area contributed by atoms with E-state index in [0.29, 0.717) is 30.0 Å². The summed E-state index contributed by atoms with van der Waals surface area (Å²) in [5, 5.41) is 11.3. The predicted molar refractivity (Wildman–Crippen MR) is 98.2 cm³/mol. The van der Waals surface area contributed by atoms with Crippen molar-refractivity contribution in [1.29, 1.82) is 0 Å². The first-order valence-corrected chi connectivity index (χ1v) is 8.38. The lowest BCUT2D eigenvalue weighted by Gasteiger charge is -2.09. The summed E-state index contributed by atoms with van der Waals surface area (Å²) in [6.45, 7) is 1.38. The van der Waals surface area contributed by atoms with Gasteiger partial charge in [-0.3, -0.25) is 9.59 Å². The number of nitrogens with one attached hydrogen (secondary N) is 1. The highest BCUT2D eigenvalue weighted by molar-refractivity contribution is 5.94.